The predicted octanol–water partition coefficient (Wildman–Crippen LogP) is 4.56. The van der Waals surface area contributed by atoms with E-state index >= 15 is 0 Å². The highest BCUT2D eigenvalue weighted by Crippen LogP contribution is 2.39. The Balaban J connectivity index is 3.02. The third-order valence-electron chi connectivity index (χ3n) is 1.83. The van der Waals surface area contributed by atoms with Gasteiger partial charge in [0.1, 0.15) is 17.9 Å². The molecule has 0 heterocycles. The van der Waals surface area contributed by atoms with E-state index in [1.807, 2.05) is 0 Å². The minimum atomic E-state index is -4.85. The molecule has 8 heteroatoms. The first-order valence-electron chi connectivity index (χ1n) is 4.45. The molecule has 0 amide bonds. The molecular formula is C10H6Br2F4O2. The minimum absolute atomic E-state index is 0.0622. The van der Waals surface area contributed by atoms with Crippen molar-refractivity contribution in [3.05, 3.63) is 33.0 Å². The number of halogens is 6. The summed E-state index contributed by atoms with van der Waals surface area (Å²) in [6.07, 6.45) is -3.38. The average molecular weight is 394 g/mol. The van der Waals surface area contributed by atoms with Crippen molar-refractivity contribution in [2.45, 2.75) is 6.18 Å². The fourth-order valence-corrected chi connectivity index (χ4v) is 1.34. The Morgan fingerprint density at radius 2 is 1.94 bits per heavy atom. The number of hydrogen-bond donors (Lipinski definition) is 1. The fourth-order valence-electron chi connectivity index (χ4n) is 1.07. The van der Waals surface area contributed by atoms with Gasteiger partial charge in [-0.2, -0.15) is 13.2 Å². The van der Waals surface area contributed by atoms with Gasteiger partial charge in [-0.1, -0.05) is 0 Å². The molecule has 0 bridgehead atoms. The van der Waals surface area contributed by atoms with Gasteiger partial charge in [-0.15, -0.1) is 0 Å². The van der Waals surface area contributed by atoms with E-state index in [1.165, 1.54) is 6.08 Å². The standard InChI is InChI=1S/C10H6Br2F4O2/c11-8(12)1-2-18-5-3-6(10(14,15)16)9(17)7(13)4-5/h1,3-4,17H,2H2. The third-order valence-corrected chi connectivity index (χ3v) is 2.48. The Morgan fingerprint density at radius 3 is 2.44 bits per heavy atom. The maximum Gasteiger partial charge on any atom is 0.420 e. The summed E-state index contributed by atoms with van der Waals surface area (Å²) in [4.78, 5) is 0. The molecule has 0 aromatic heterocycles. The van der Waals surface area contributed by atoms with E-state index in [0.717, 1.165) is 0 Å². The number of rotatable bonds is 3. The molecule has 0 saturated carbocycles. The van der Waals surface area contributed by atoms with Gasteiger partial charge in [0.25, 0.3) is 0 Å². The number of aromatic hydroxyl groups is 1. The van der Waals surface area contributed by atoms with Crippen LogP contribution in [0.4, 0.5) is 17.6 Å². The molecule has 0 aliphatic rings. The number of ether oxygens (including phenoxy) is 1. The van der Waals surface area contributed by atoms with Crippen LogP contribution in [0.1, 0.15) is 5.56 Å². The quantitative estimate of drug-likeness (QED) is 0.763. The second kappa shape index (κ2) is 5.92. The summed E-state index contributed by atoms with van der Waals surface area (Å²) in [6.45, 7) is -0.0622. The first-order chi connectivity index (χ1) is 8.21. The van der Waals surface area contributed by atoms with Gasteiger partial charge in [-0.3, -0.25) is 0 Å². The average Bonchev–Trinajstić information content (AvgIpc) is 2.20. The first-order valence-corrected chi connectivity index (χ1v) is 6.04. The second-order valence-corrected chi connectivity index (χ2v) is 5.88. The van der Waals surface area contributed by atoms with Crippen LogP contribution in [-0.4, -0.2) is 11.7 Å². The van der Waals surface area contributed by atoms with Gasteiger partial charge in [0.2, 0.25) is 0 Å². The number of phenols is 1. The van der Waals surface area contributed by atoms with E-state index in [4.69, 9.17) is 9.84 Å². The Hall–Kier alpha value is -0.760. The molecule has 1 aromatic carbocycles. The second-order valence-electron chi connectivity index (χ2n) is 3.10. The van der Waals surface area contributed by atoms with Gasteiger partial charge in [0.05, 0.1) is 3.39 Å². The van der Waals surface area contributed by atoms with E-state index < -0.39 is 23.3 Å². The molecule has 0 atom stereocenters. The molecule has 0 spiro atoms. The van der Waals surface area contributed by atoms with E-state index in [-0.39, 0.29) is 12.4 Å². The van der Waals surface area contributed by atoms with Crippen molar-refractivity contribution in [1.29, 1.82) is 0 Å². The monoisotopic (exact) mass is 392 g/mol. The smallest absolute Gasteiger partial charge is 0.420 e. The van der Waals surface area contributed by atoms with Crippen molar-refractivity contribution >= 4 is 31.9 Å². The summed E-state index contributed by atoms with van der Waals surface area (Å²) >= 11 is 6.05. The fraction of sp³-hybridized carbons (Fsp3) is 0.200. The molecule has 0 saturated heterocycles. The summed E-state index contributed by atoms with van der Waals surface area (Å²) in [5, 5.41) is 8.99. The summed E-state index contributed by atoms with van der Waals surface area (Å²) in [5.41, 5.74) is -1.47. The highest BCUT2D eigenvalue weighted by atomic mass is 79.9. The topological polar surface area (TPSA) is 29.5 Å². The van der Waals surface area contributed by atoms with Gasteiger partial charge >= 0.3 is 6.18 Å². The largest absolute Gasteiger partial charge is 0.504 e. The summed E-state index contributed by atoms with van der Waals surface area (Å²) in [7, 11) is 0. The van der Waals surface area contributed by atoms with Gasteiger partial charge in [0, 0.05) is 6.07 Å². The zero-order valence-corrected chi connectivity index (χ0v) is 11.7. The summed E-state index contributed by atoms with van der Waals surface area (Å²) in [5.74, 6) is -3.15. The predicted molar refractivity (Wildman–Crippen MR) is 64.5 cm³/mol. The van der Waals surface area contributed by atoms with E-state index in [9.17, 15) is 17.6 Å². The van der Waals surface area contributed by atoms with Crippen LogP contribution in [0.5, 0.6) is 11.5 Å². The Labute approximate surface area is 117 Å². The van der Waals surface area contributed by atoms with Crippen LogP contribution >= 0.6 is 31.9 Å². The number of hydrogen-bond acceptors (Lipinski definition) is 2. The zero-order valence-electron chi connectivity index (χ0n) is 8.56. The first kappa shape index (κ1) is 15.3. The Kier molecular flexibility index (Phi) is 5.03. The van der Waals surface area contributed by atoms with Gasteiger partial charge in [0.15, 0.2) is 11.6 Å². The van der Waals surface area contributed by atoms with Crippen molar-refractivity contribution in [2.24, 2.45) is 0 Å². The van der Waals surface area contributed by atoms with Crippen LogP contribution in [0.15, 0.2) is 21.6 Å². The highest BCUT2D eigenvalue weighted by Gasteiger charge is 2.35. The number of phenolic OH excluding ortho intramolecular Hbond substituents is 1. The highest BCUT2D eigenvalue weighted by molar-refractivity contribution is 9.28. The summed E-state index contributed by atoms with van der Waals surface area (Å²) < 4.78 is 55.9. The van der Waals surface area contributed by atoms with Crippen molar-refractivity contribution in [3.8, 4) is 11.5 Å². The van der Waals surface area contributed by atoms with Crippen LogP contribution in [0, 0.1) is 5.82 Å². The van der Waals surface area contributed by atoms with Crippen molar-refractivity contribution in [2.75, 3.05) is 6.61 Å². The Bertz CT molecular complexity index is 468. The molecule has 18 heavy (non-hydrogen) atoms. The van der Waals surface area contributed by atoms with Crippen LogP contribution < -0.4 is 4.74 Å². The van der Waals surface area contributed by atoms with Gasteiger partial charge in [-0.05, 0) is 44.0 Å². The SMILES string of the molecule is Oc1c(F)cc(OCC=C(Br)Br)cc1C(F)(F)F. The lowest BCUT2D eigenvalue weighted by Crippen LogP contribution is -2.07. The molecule has 1 aromatic rings. The number of alkyl halides is 3. The van der Waals surface area contributed by atoms with Crippen molar-refractivity contribution in [1.82, 2.24) is 0 Å². The molecule has 0 unspecified atom stereocenters. The molecule has 100 valence electrons. The van der Waals surface area contributed by atoms with Gasteiger partial charge < -0.3 is 9.84 Å². The van der Waals surface area contributed by atoms with E-state index in [1.54, 1.807) is 0 Å². The normalized spacial score (nSPS) is 11.2. The van der Waals surface area contributed by atoms with Crippen LogP contribution in [0.25, 0.3) is 0 Å². The molecule has 1 rings (SSSR count). The van der Waals surface area contributed by atoms with Crippen LogP contribution in [-0.2, 0) is 6.18 Å². The lowest BCUT2D eigenvalue weighted by Gasteiger charge is -2.12. The molecule has 0 radical (unpaired) electrons. The molecule has 2 nitrogen and oxygen atoms in total. The van der Waals surface area contributed by atoms with Gasteiger partial charge in [-0.25, -0.2) is 4.39 Å². The summed E-state index contributed by atoms with van der Waals surface area (Å²) in [6, 6.07) is 1.22. The molecule has 0 fully saturated rings. The lowest BCUT2D eigenvalue weighted by molar-refractivity contribution is -0.139. The molecule has 0 aliphatic heterocycles. The minimum Gasteiger partial charge on any atom is -0.504 e. The van der Waals surface area contributed by atoms with Crippen LogP contribution in [0.3, 0.4) is 0 Å². The Morgan fingerprint density at radius 1 is 1.33 bits per heavy atom. The lowest BCUT2D eigenvalue weighted by atomic mass is 10.1. The maximum atomic E-state index is 13.1. The number of benzene rings is 1. The van der Waals surface area contributed by atoms with Crippen LogP contribution in [0.2, 0.25) is 0 Å². The molecular weight excluding hydrogens is 388 g/mol. The van der Waals surface area contributed by atoms with E-state index in [0.29, 0.717) is 15.5 Å². The zero-order chi connectivity index (χ0) is 13.9. The van der Waals surface area contributed by atoms with Crippen molar-refractivity contribution in [3.63, 3.8) is 0 Å². The third kappa shape index (κ3) is 4.16. The maximum absolute atomic E-state index is 13.1. The van der Waals surface area contributed by atoms with Crippen molar-refractivity contribution < 1.29 is 27.4 Å². The van der Waals surface area contributed by atoms with E-state index in [2.05, 4.69) is 31.9 Å². The molecule has 1 N–H and O–H groups in total. The molecule has 0 aliphatic carbocycles.